The fraction of sp³-hybridized carbons (Fsp3) is 0.389. The molecule has 25 heavy (non-hydrogen) atoms. The predicted molar refractivity (Wildman–Crippen MR) is 99.3 cm³/mol. The fourth-order valence-electron chi connectivity index (χ4n) is 2.57. The van der Waals surface area contributed by atoms with Gasteiger partial charge in [0.2, 0.25) is 0 Å². The van der Waals surface area contributed by atoms with E-state index in [0.29, 0.717) is 5.69 Å². The van der Waals surface area contributed by atoms with E-state index in [4.69, 9.17) is 0 Å². The van der Waals surface area contributed by atoms with Crippen LogP contribution in [0.4, 0.5) is 5.69 Å². The smallest absolute Gasteiger partial charge is 0.267 e. The number of hydrogen-bond acceptors (Lipinski definition) is 3. The molecular weight excluding hydrogens is 338 g/mol. The van der Waals surface area contributed by atoms with Gasteiger partial charge in [0.1, 0.15) is 10.6 Å². The lowest BCUT2D eigenvalue weighted by atomic mass is 10.1. The Morgan fingerprint density at radius 1 is 1.16 bits per heavy atom. The maximum Gasteiger partial charge on any atom is 0.267 e. The van der Waals surface area contributed by atoms with Crippen LogP contribution in [0.25, 0.3) is 0 Å². The Balaban J connectivity index is 2.12. The van der Waals surface area contributed by atoms with Crippen molar-refractivity contribution < 1.29 is 13.2 Å². The van der Waals surface area contributed by atoms with Gasteiger partial charge in [0, 0.05) is 26.0 Å². The highest BCUT2D eigenvalue weighted by Crippen LogP contribution is 2.19. The first-order valence-corrected chi connectivity index (χ1v) is 9.86. The zero-order chi connectivity index (χ0) is 18.4. The maximum atomic E-state index is 12.5. The molecule has 0 atom stereocenters. The molecule has 2 aromatic rings. The van der Waals surface area contributed by atoms with Crippen LogP contribution in [0.3, 0.4) is 0 Å². The van der Waals surface area contributed by atoms with Crippen molar-refractivity contribution in [3.63, 3.8) is 0 Å². The molecule has 1 aromatic carbocycles. The van der Waals surface area contributed by atoms with Crippen LogP contribution in [0.1, 0.15) is 42.2 Å². The minimum Gasteiger partial charge on any atom is -0.354 e. The van der Waals surface area contributed by atoms with Crippen LogP contribution in [-0.2, 0) is 23.5 Å². The quantitative estimate of drug-likeness (QED) is 0.708. The third kappa shape index (κ3) is 4.85. The van der Waals surface area contributed by atoms with Gasteiger partial charge in [-0.25, -0.2) is 8.42 Å². The maximum absolute atomic E-state index is 12.5. The molecule has 0 saturated heterocycles. The van der Waals surface area contributed by atoms with Crippen molar-refractivity contribution in [1.82, 2.24) is 9.88 Å². The van der Waals surface area contributed by atoms with Gasteiger partial charge in [-0.3, -0.25) is 9.52 Å². The summed E-state index contributed by atoms with van der Waals surface area (Å²) in [6.45, 7) is 2.16. The van der Waals surface area contributed by atoms with Crippen LogP contribution in [0.2, 0.25) is 0 Å². The molecule has 2 rings (SSSR count). The molecule has 0 saturated carbocycles. The summed E-state index contributed by atoms with van der Waals surface area (Å²) >= 11 is 0. The lowest BCUT2D eigenvalue weighted by molar-refractivity contribution is 0.0955. The first kappa shape index (κ1) is 19.1. The summed E-state index contributed by atoms with van der Waals surface area (Å²) in [4.78, 5) is 11.8. The SMILES string of the molecule is CCCCCc1ccc(NS(=O)(=O)c2cc(C(=O)NC)n(C)c2)cc1. The Morgan fingerprint density at radius 2 is 1.84 bits per heavy atom. The summed E-state index contributed by atoms with van der Waals surface area (Å²) < 4.78 is 29.1. The van der Waals surface area contributed by atoms with Gasteiger partial charge in [-0.15, -0.1) is 0 Å². The number of rotatable bonds is 8. The first-order chi connectivity index (χ1) is 11.9. The van der Waals surface area contributed by atoms with Crippen molar-refractivity contribution in [3.05, 3.63) is 47.8 Å². The van der Waals surface area contributed by atoms with Gasteiger partial charge in [0.15, 0.2) is 0 Å². The number of unbranched alkanes of at least 4 members (excludes halogenated alkanes) is 2. The van der Waals surface area contributed by atoms with E-state index in [2.05, 4.69) is 17.0 Å². The summed E-state index contributed by atoms with van der Waals surface area (Å²) in [7, 11) is -0.604. The van der Waals surface area contributed by atoms with Gasteiger partial charge < -0.3 is 9.88 Å². The minimum atomic E-state index is -3.74. The lowest BCUT2D eigenvalue weighted by Crippen LogP contribution is -2.20. The Bertz CT molecular complexity index is 824. The van der Waals surface area contributed by atoms with Crippen molar-refractivity contribution in [2.45, 2.75) is 37.5 Å². The molecule has 7 heteroatoms. The summed E-state index contributed by atoms with van der Waals surface area (Å²) in [5.74, 6) is -0.333. The molecule has 1 aromatic heterocycles. The van der Waals surface area contributed by atoms with Crippen LogP contribution in [-0.4, -0.2) is 25.9 Å². The average molecular weight is 363 g/mol. The van der Waals surface area contributed by atoms with Gasteiger partial charge in [-0.2, -0.15) is 0 Å². The third-order valence-corrected chi connectivity index (χ3v) is 5.37. The number of benzene rings is 1. The molecule has 0 spiro atoms. The highest BCUT2D eigenvalue weighted by molar-refractivity contribution is 7.92. The molecule has 0 radical (unpaired) electrons. The van der Waals surface area contributed by atoms with Gasteiger partial charge >= 0.3 is 0 Å². The van der Waals surface area contributed by atoms with Gasteiger partial charge in [-0.1, -0.05) is 31.9 Å². The van der Waals surface area contributed by atoms with Crippen molar-refractivity contribution in [1.29, 1.82) is 0 Å². The molecule has 2 N–H and O–H groups in total. The monoisotopic (exact) mass is 363 g/mol. The van der Waals surface area contributed by atoms with Crippen molar-refractivity contribution in [2.24, 2.45) is 7.05 Å². The number of amides is 1. The van der Waals surface area contributed by atoms with E-state index in [1.54, 1.807) is 19.2 Å². The predicted octanol–water partition coefficient (Wildman–Crippen LogP) is 2.92. The van der Waals surface area contributed by atoms with Crippen LogP contribution < -0.4 is 10.0 Å². The Hall–Kier alpha value is -2.28. The number of nitrogens with one attached hydrogen (secondary N) is 2. The topological polar surface area (TPSA) is 80.2 Å². The fourth-order valence-corrected chi connectivity index (χ4v) is 3.70. The first-order valence-electron chi connectivity index (χ1n) is 8.37. The Kier molecular flexibility index (Phi) is 6.25. The molecule has 136 valence electrons. The molecule has 0 unspecified atom stereocenters. The second kappa shape index (κ2) is 8.20. The Labute approximate surface area is 149 Å². The summed E-state index contributed by atoms with van der Waals surface area (Å²) in [6, 6.07) is 8.77. The van der Waals surface area contributed by atoms with E-state index in [1.807, 2.05) is 12.1 Å². The van der Waals surface area contributed by atoms with Crippen LogP contribution in [0, 0.1) is 0 Å². The van der Waals surface area contributed by atoms with E-state index >= 15 is 0 Å². The van der Waals surface area contributed by atoms with Crippen LogP contribution >= 0.6 is 0 Å². The van der Waals surface area contributed by atoms with Crippen molar-refractivity contribution in [2.75, 3.05) is 11.8 Å². The van der Waals surface area contributed by atoms with Crippen LogP contribution in [0.5, 0.6) is 0 Å². The lowest BCUT2D eigenvalue weighted by Gasteiger charge is -2.07. The summed E-state index contributed by atoms with van der Waals surface area (Å²) in [6.07, 6.45) is 5.91. The summed E-state index contributed by atoms with van der Waals surface area (Å²) in [5.41, 5.74) is 1.98. The standard InChI is InChI=1S/C18H25N3O3S/c1-4-5-6-7-14-8-10-15(11-9-14)20-25(23,24)16-12-17(18(22)19-2)21(3)13-16/h8-13,20H,4-7H2,1-3H3,(H,19,22). The molecule has 0 fully saturated rings. The highest BCUT2D eigenvalue weighted by Gasteiger charge is 2.20. The van der Waals surface area contributed by atoms with E-state index in [9.17, 15) is 13.2 Å². The second-order valence-electron chi connectivity index (χ2n) is 6.01. The van der Waals surface area contributed by atoms with Crippen molar-refractivity contribution >= 4 is 21.6 Å². The molecular formula is C18H25N3O3S. The highest BCUT2D eigenvalue weighted by atomic mass is 32.2. The molecule has 0 bridgehead atoms. The molecule has 0 aliphatic carbocycles. The van der Waals surface area contributed by atoms with E-state index in [-0.39, 0.29) is 16.5 Å². The number of sulfonamides is 1. The number of hydrogen-bond donors (Lipinski definition) is 2. The van der Waals surface area contributed by atoms with Gasteiger partial charge in [0.05, 0.1) is 0 Å². The second-order valence-corrected chi connectivity index (χ2v) is 7.69. The third-order valence-electron chi connectivity index (χ3n) is 4.03. The largest absolute Gasteiger partial charge is 0.354 e. The number of nitrogens with zero attached hydrogens (tertiary/aromatic N) is 1. The minimum absolute atomic E-state index is 0.0561. The van der Waals surface area contributed by atoms with Crippen molar-refractivity contribution in [3.8, 4) is 0 Å². The molecule has 1 heterocycles. The zero-order valence-corrected chi connectivity index (χ0v) is 15.7. The van der Waals surface area contributed by atoms with E-state index in [1.165, 1.54) is 42.3 Å². The van der Waals surface area contributed by atoms with E-state index in [0.717, 1.165) is 12.8 Å². The normalized spacial score (nSPS) is 11.3. The van der Waals surface area contributed by atoms with Gasteiger partial charge in [-0.05, 0) is 36.6 Å². The number of carbonyl (C=O) groups excluding carboxylic acids is 1. The zero-order valence-electron chi connectivity index (χ0n) is 14.9. The molecule has 1 amide bonds. The number of carbonyl (C=O) groups is 1. The summed E-state index contributed by atoms with van der Waals surface area (Å²) in [5, 5.41) is 2.49. The Morgan fingerprint density at radius 3 is 2.44 bits per heavy atom. The van der Waals surface area contributed by atoms with E-state index < -0.39 is 10.0 Å². The molecule has 6 nitrogen and oxygen atoms in total. The molecule has 0 aliphatic rings. The number of aryl methyl sites for hydroxylation is 2. The van der Waals surface area contributed by atoms with Gasteiger partial charge in [0.25, 0.3) is 15.9 Å². The average Bonchev–Trinajstić information content (AvgIpc) is 2.98. The molecule has 0 aliphatic heterocycles. The number of anilines is 1. The number of aromatic nitrogens is 1. The van der Waals surface area contributed by atoms with Crippen LogP contribution in [0.15, 0.2) is 41.4 Å².